The van der Waals surface area contributed by atoms with Crippen molar-refractivity contribution < 1.29 is 13.2 Å². The maximum absolute atomic E-state index is 13.3. The molecule has 7 nitrogen and oxygen atoms in total. The maximum atomic E-state index is 13.3. The van der Waals surface area contributed by atoms with E-state index in [1.807, 2.05) is 30.3 Å². The van der Waals surface area contributed by atoms with E-state index in [9.17, 15) is 13.2 Å². The number of amides is 1. The summed E-state index contributed by atoms with van der Waals surface area (Å²) in [6, 6.07) is 12.6. The lowest BCUT2D eigenvalue weighted by molar-refractivity contribution is 0.0952. The first kappa shape index (κ1) is 21.8. The molecular formula is C21H21ClN4O3S2. The number of hydrogen-bond donors (Lipinski definition) is 1. The predicted molar refractivity (Wildman–Crippen MR) is 122 cm³/mol. The summed E-state index contributed by atoms with van der Waals surface area (Å²) in [4.78, 5) is 19.0. The predicted octanol–water partition coefficient (Wildman–Crippen LogP) is 3.24. The van der Waals surface area contributed by atoms with Gasteiger partial charge < -0.3 is 10.2 Å². The molecular weight excluding hydrogens is 456 g/mol. The molecule has 0 saturated carbocycles. The number of aromatic nitrogens is 1. The number of benzene rings is 1. The summed E-state index contributed by atoms with van der Waals surface area (Å²) in [5.74, 6) is -0.410. The highest BCUT2D eigenvalue weighted by Gasteiger charge is 2.32. The van der Waals surface area contributed by atoms with Gasteiger partial charge in [0.15, 0.2) is 0 Å². The molecule has 1 aromatic carbocycles. The highest BCUT2D eigenvalue weighted by Crippen LogP contribution is 2.29. The van der Waals surface area contributed by atoms with E-state index in [1.165, 1.54) is 10.4 Å². The Balaban J connectivity index is 1.45. The standard InChI is InChI=1S/C21H21ClN4O3S2/c22-17-5-1-2-6-18(17)25-9-11-26(12-10-25)31(28,29)19-7-13-30-20(19)21(27)24-15-16-4-3-8-23-14-16/h1-8,13-14H,9-12,15H2,(H,24,27). The monoisotopic (exact) mass is 476 g/mol. The molecule has 1 N–H and O–H groups in total. The molecule has 162 valence electrons. The zero-order chi connectivity index (χ0) is 21.8. The van der Waals surface area contributed by atoms with E-state index in [2.05, 4.69) is 15.2 Å². The van der Waals surface area contributed by atoms with Crippen LogP contribution in [0.15, 0.2) is 65.1 Å². The Morgan fingerprint density at radius 2 is 1.87 bits per heavy atom. The van der Waals surface area contributed by atoms with E-state index in [1.54, 1.807) is 23.8 Å². The van der Waals surface area contributed by atoms with Gasteiger partial charge in [0, 0.05) is 45.1 Å². The zero-order valence-electron chi connectivity index (χ0n) is 16.6. The molecule has 1 fully saturated rings. The molecule has 0 unspecified atom stereocenters. The van der Waals surface area contributed by atoms with Gasteiger partial charge in [0.05, 0.1) is 10.7 Å². The topological polar surface area (TPSA) is 82.6 Å². The molecule has 0 spiro atoms. The van der Waals surface area contributed by atoms with Crippen LogP contribution in [0.25, 0.3) is 0 Å². The van der Waals surface area contributed by atoms with E-state index in [-0.39, 0.29) is 16.3 Å². The van der Waals surface area contributed by atoms with Crippen molar-refractivity contribution in [2.45, 2.75) is 11.4 Å². The van der Waals surface area contributed by atoms with Gasteiger partial charge in [-0.05, 0) is 35.2 Å². The van der Waals surface area contributed by atoms with Crippen molar-refractivity contribution in [3.63, 3.8) is 0 Å². The fraction of sp³-hybridized carbons (Fsp3) is 0.238. The summed E-state index contributed by atoms with van der Waals surface area (Å²) in [6.07, 6.45) is 3.31. The van der Waals surface area contributed by atoms with Gasteiger partial charge in [-0.2, -0.15) is 4.31 Å². The number of anilines is 1. The van der Waals surface area contributed by atoms with Crippen LogP contribution in [0, 0.1) is 0 Å². The first-order valence-corrected chi connectivity index (χ1v) is 12.4. The van der Waals surface area contributed by atoms with Gasteiger partial charge >= 0.3 is 0 Å². The van der Waals surface area contributed by atoms with Crippen LogP contribution >= 0.6 is 22.9 Å². The number of sulfonamides is 1. The molecule has 0 bridgehead atoms. The van der Waals surface area contributed by atoms with Crippen molar-refractivity contribution in [3.8, 4) is 0 Å². The first-order valence-electron chi connectivity index (χ1n) is 9.71. The highest BCUT2D eigenvalue weighted by atomic mass is 35.5. The SMILES string of the molecule is O=C(NCc1cccnc1)c1sccc1S(=O)(=O)N1CCN(c2ccccc2Cl)CC1. The second kappa shape index (κ2) is 9.35. The molecule has 1 amide bonds. The second-order valence-electron chi connectivity index (χ2n) is 7.00. The van der Waals surface area contributed by atoms with Gasteiger partial charge in [0.2, 0.25) is 10.0 Å². The molecule has 0 atom stereocenters. The van der Waals surface area contributed by atoms with Gasteiger partial charge in [-0.15, -0.1) is 11.3 Å². The van der Waals surface area contributed by atoms with Crippen molar-refractivity contribution in [2.75, 3.05) is 31.1 Å². The van der Waals surface area contributed by atoms with Gasteiger partial charge in [-0.25, -0.2) is 8.42 Å². The number of rotatable bonds is 6. The smallest absolute Gasteiger partial charge is 0.263 e. The first-order chi connectivity index (χ1) is 15.0. The average Bonchev–Trinajstić information content (AvgIpc) is 3.30. The van der Waals surface area contributed by atoms with Crippen molar-refractivity contribution in [1.29, 1.82) is 0 Å². The van der Waals surface area contributed by atoms with E-state index in [4.69, 9.17) is 11.6 Å². The zero-order valence-corrected chi connectivity index (χ0v) is 19.0. The number of halogens is 1. The molecule has 1 saturated heterocycles. The van der Waals surface area contributed by atoms with Gasteiger partial charge in [-0.1, -0.05) is 29.8 Å². The Morgan fingerprint density at radius 1 is 1.10 bits per heavy atom. The molecule has 0 aliphatic carbocycles. The third-order valence-electron chi connectivity index (χ3n) is 5.06. The summed E-state index contributed by atoms with van der Waals surface area (Å²) in [6.45, 7) is 1.96. The average molecular weight is 477 g/mol. The molecule has 3 aromatic rings. The third-order valence-corrected chi connectivity index (χ3v) is 8.36. The number of carbonyl (C=O) groups is 1. The number of thiophene rings is 1. The summed E-state index contributed by atoms with van der Waals surface area (Å²) in [5.41, 5.74) is 1.74. The minimum atomic E-state index is -3.78. The number of hydrogen-bond acceptors (Lipinski definition) is 6. The van der Waals surface area contributed by atoms with E-state index in [0.29, 0.717) is 31.2 Å². The van der Waals surface area contributed by atoms with Crippen LogP contribution in [0.4, 0.5) is 5.69 Å². The van der Waals surface area contributed by atoms with Crippen LogP contribution in [0.3, 0.4) is 0 Å². The molecule has 0 radical (unpaired) electrons. The van der Waals surface area contributed by atoms with Crippen molar-refractivity contribution >= 4 is 44.6 Å². The highest BCUT2D eigenvalue weighted by molar-refractivity contribution is 7.89. The van der Waals surface area contributed by atoms with Crippen molar-refractivity contribution in [3.05, 3.63) is 75.7 Å². The van der Waals surface area contributed by atoms with Crippen molar-refractivity contribution in [1.82, 2.24) is 14.6 Å². The second-order valence-corrected chi connectivity index (χ2v) is 10.2. The Labute approximate surface area is 190 Å². The Kier molecular flexibility index (Phi) is 6.57. The van der Waals surface area contributed by atoms with Crippen LogP contribution < -0.4 is 10.2 Å². The number of para-hydroxylation sites is 1. The summed E-state index contributed by atoms with van der Waals surface area (Å²) < 4.78 is 27.9. The van der Waals surface area contributed by atoms with Crippen LogP contribution in [-0.4, -0.2) is 49.8 Å². The summed E-state index contributed by atoms with van der Waals surface area (Å²) in [7, 11) is -3.78. The number of nitrogens with zero attached hydrogens (tertiary/aromatic N) is 3. The molecule has 4 rings (SSSR count). The molecule has 2 aromatic heterocycles. The summed E-state index contributed by atoms with van der Waals surface area (Å²) >= 11 is 7.40. The largest absolute Gasteiger partial charge is 0.368 e. The molecule has 31 heavy (non-hydrogen) atoms. The number of piperazine rings is 1. The van der Waals surface area contributed by atoms with Gasteiger partial charge in [0.1, 0.15) is 9.77 Å². The Bertz CT molecular complexity index is 1160. The lowest BCUT2D eigenvalue weighted by Gasteiger charge is -2.35. The quantitative estimate of drug-likeness (QED) is 0.590. The Hall–Kier alpha value is -2.46. The number of nitrogens with one attached hydrogen (secondary N) is 1. The molecule has 1 aliphatic heterocycles. The maximum Gasteiger partial charge on any atom is 0.263 e. The minimum Gasteiger partial charge on any atom is -0.368 e. The molecule has 10 heteroatoms. The van der Waals surface area contributed by atoms with E-state index < -0.39 is 15.9 Å². The van der Waals surface area contributed by atoms with Crippen LogP contribution in [0.5, 0.6) is 0 Å². The third kappa shape index (κ3) is 4.74. The molecule has 3 heterocycles. The van der Waals surface area contributed by atoms with Crippen LogP contribution in [-0.2, 0) is 16.6 Å². The van der Waals surface area contributed by atoms with Gasteiger partial charge in [0.25, 0.3) is 5.91 Å². The number of pyridine rings is 1. The van der Waals surface area contributed by atoms with E-state index >= 15 is 0 Å². The normalized spacial score (nSPS) is 15.1. The van der Waals surface area contributed by atoms with Crippen molar-refractivity contribution in [2.24, 2.45) is 0 Å². The lowest BCUT2D eigenvalue weighted by atomic mass is 10.2. The lowest BCUT2D eigenvalue weighted by Crippen LogP contribution is -2.49. The fourth-order valence-electron chi connectivity index (χ4n) is 3.45. The fourth-order valence-corrected chi connectivity index (χ4v) is 6.44. The van der Waals surface area contributed by atoms with E-state index in [0.717, 1.165) is 22.6 Å². The summed E-state index contributed by atoms with van der Waals surface area (Å²) in [5, 5.41) is 5.05. The molecule has 1 aliphatic rings. The minimum absolute atomic E-state index is 0.0485. The van der Waals surface area contributed by atoms with Gasteiger partial charge in [-0.3, -0.25) is 9.78 Å². The van der Waals surface area contributed by atoms with Crippen LogP contribution in [0.2, 0.25) is 5.02 Å². The Morgan fingerprint density at radius 3 is 2.58 bits per heavy atom. The van der Waals surface area contributed by atoms with Crippen LogP contribution in [0.1, 0.15) is 15.2 Å². The number of carbonyl (C=O) groups excluding carboxylic acids is 1.